The van der Waals surface area contributed by atoms with Gasteiger partial charge in [0.05, 0.1) is 12.7 Å². The van der Waals surface area contributed by atoms with Crippen molar-refractivity contribution >= 4 is 11.6 Å². The zero-order valence-corrected chi connectivity index (χ0v) is 17.3. The van der Waals surface area contributed by atoms with E-state index in [1.54, 1.807) is 4.90 Å². The smallest absolute Gasteiger partial charge is 0.423 e. The van der Waals surface area contributed by atoms with Gasteiger partial charge >= 0.3 is 6.18 Å². The van der Waals surface area contributed by atoms with Crippen LogP contribution < -0.4 is 14.4 Å². The number of nitrogens with zero attached hydrogens (tertiary/aromatic N) is 3. The number of hydrogen-bond donors (Lipinski definition) is 0. The fourth-order valence-electron chi connectivity index (χ4n) is 2.75. The van der Waals surface area contributed by atoms with Crippen molar-refractivity contribution in [1.29, 1.82) is 0 Å². The van der Waals surface area contributed by atoms with Crippen LogP contribution in [0.25, 0.3) is 0 Å². The first-order chi connectivity index (χ1) is 13.8. The first kappa shape index (κ1) is 22.8. The Morgan fingerprint density at radius 3 is 2.52 bits per heavy atom. The number of rotatable bonds is 10. The van der Waals surface area contributed by atoms with Crippen LogP contribution in [0.3, 0.4) is 0 Å². The molecular formula is C21H28F3N3O2. The van der Waals surface area contributed by atoms with Crippen molar-refractivity contribution in [3.05, 3.63) is 36.0 Å². The predicted molar refractivity (Wildman–Crippen MR) is 107 cm³/mol. The lowest BCUT2D eigenvalue weighted by atomic mass is 10.2. The van der Waals surface area contributed by atoms with Gasteiger partial charge in [-0.2, -0.15) is 18.2 Å². The first-order valence-electron chi connectivity index (χ1n) is 9.87. The summed E-state index contributed by atoms with van der Waals surface area (Å²) in [7, 11) is 0. The van der Waals surface area contributed by atoms with Crippen molar-refractivity contribution in [1.82, 2.24) is 9.97 Å². The number of halogens is 3. The van der Waals surface area contributed by atoms with E-state index >= 15 is 0 Å². The van der Waals surface area contributed by atoms with Crippen molar-refractivity contribution in [2.24, 2.45) is 0 Å². The highest BCUT2D eigenvalue weighted by Crippen LogP contribution is 2.36. The van der Waals surface area contributed by atoms with Gasteiger partial charge in [0, 0.05) is 24.5 Å². The normalized spacial score (nSPS) is 11.6. The van der Waals surface area contributed by atoms with Gasteiger partial charge in [0.1, 0.15) is 11.3 Å². The maximum Gasteiger partial charge on any atom is 0.423 e. The van der Waals surface area contributed by atoms with Gasteiger partial charge in [0.2, 0.25) is 11.8 Å². The Kier molecular flexibility index (Phi) is 8.10. The molecule has 160 valence electrons. The number of anilines is 2. The maximum atomic E-state index is 13.3. The van der Waals surface area contributed by atoms with Gasteiger partial charge in [-0.05, 0) is 39.3 Å². The second-order valence-electron chi connectivity index (χ2n) is 6.85. The fraction of sp³-hybridized carbons (Fsp3) is 0.524. The number of aromatic nitrogens is 2. The van der Waals surface area contributed by atoms with Gasteiger partial charge < -0.3 is 14.4 Å². The highest BCUT2D eigenvalue weighted by atomic mass is 19.4. The highest BCUT2D eigenvalue weighted by Gasteiger charge is 2.36. The van der Waals surface area contributed by atoms with E-state index in [1.807, 2.05) is 52.0 Å². The molecule has 2 rings (SSSR count). The molecule has 0 bridgehead atoms. The molecule has 0 radical (unpaired) electrons. The summed E-state index contributed by atoms with van der Waals surface area (Å²) < 4.78 is 51.1. The number of alkyl halides is 3. The molecule has 0 fully saturated rings. The second kappa shape index (κ2) is 10.3. The molecule has 1 aromatic carbocycles. The lowest BCUT2D eigenvalue weighted by Crippen LogP contribution is -2.21. The summed E-state index contributed by atoms with van der Waals surface area (Å²) in [5, 5.41) is 0. The van der Waals surface area contributed by atoms with Gasteiger partial charge in [-0.3, -0.25) is 0 Å². The van der Waals surface area contributed by atoms with Crippen LogP contribution in [0.1, 0.15) is 52.5 Å². The van der Waals surface area contributed by atoms with E-state index in [0.29, 0.717) is 18.7 Å². The van der Waals surface area contributed by atoms with Crippen molar-refractivity contribution in [3.8, 4) is 11.6 Å². The van der Waals surface area contributed by atoms with E-state index in [2.05, 4.69) is 9.97 Å². The van der Waals surface area contributed by atoms with Crippen molar-refractivity contribution in [2.45, 2.75) is 59.2 Å². The SMILES string of the molecule is CCCCCOc1nc(N(CC)c2cccc(OC(C)C)c2)ncc1C(F)(F)F. The Bertz CT molecular complexity index is 782. The topological polar surface area (TPSA) is 47.5 Å². The van der Waals surface area contributed by atoms with Crippen LogP contribution in [0.15, 0.2) is 30.5 Å². The number of benzene rings is 1. The summed E-state index contributed by atoms with van der Waals surface area (Å²) in [5.74, 6) is 0.373. The quantitative estimate of drug-likeness (QED) is 0.448. The van der Waals surface area contributed by atoms with Crippen LogP contribution in [-0.2, 0) is 6.18 Å². The molecule has 0 aliphatic rings. The molecule has 2 aromatic rings. The Labute approximate surface area is 169 Å². The van der Waals surface area contributed by atoms with E-state index in [-0.39, 0.29) is 18.7 Å². The largest absolute Gasteiger partial charge is 0.491 e. The first-order valence-corrected chi connectivity index (χ1v) is 9.87. The average Bonchev–Trinajstić information content (AvgIpc) is 2.65. The molecule has 5 nitrogen and oxygen atoms in total. The summed E-state index contributed by atoms with van der Waals surface area (Å²) in [5.41, 5.74) is -0.243. The van der Waals surface area contributed by atoms with E-state index in [0.717, 1.165) is 24.7 Å². The molecule has 0 aliphatic carbocycles. The van der Waals surface area contributed by atoms with Crippen LogP contribution in [0.2, 0.25) is 0 Å². The molecule has 0 atom stereocenters. The Morgan fingerprint density at radius 1 is 1.14 bits per heavy atom. The van der Waals surface area contributed by atoms with Gasteiger partial charge in [0.15, 0.2) is 0 Å². The second-order valence-corrected chi connectivity index (χ2v) is 6.85. The Balaban J connectivity index is 2.35. The van der Waals surface area contributed by atoms with E-state index in [9.17, 15) is 13.2 Å². The third-order valence-electron chi connectivity index (χ3n) is 4.09. The molecule has 0 aliphatic heterocycles. The van der Waals surface area contributed by atoms with Gasteiger partial charge in [-0.15, -0.1) is 0 Å². The molecule has 29 heavy (non-hydrogen) atoms. The minimum atomic E-state index is -4.58. The molecule has 0 saturated carbocycles. The van der Waals surface area contributed by atoms with Gasteiger partial charge in [-0.25, -0.2) is 4.98 Å². The van der Waals surface area contributed by atoms with Crippen LogP contribution in [0, 0.1) is 0 Å². The summed E-state index contributed by atoms with van der Waals surface area (Å²) in [4.78, 5) is 9.78. The molecule has 0 N–H and O–H groups in total. The highest BCUT2D eigenvalue weighted by molar-refractivity contribution is 5.59. The lowest BCUT2D eigenvalue weighted by Gasteiger charge is -2.23. The van der Waals surface area contributed by atoms with Crippen molar-refractivity contribution in [2.75, 3.05) is 18.1 Å². The zero-order valence-electron chi connectivity index (χ0n) is 17.3. The maximum absolute atomic E-state index is 13.3. The van der Waals surface area contributed by atoms with Gasteiger partial charge in [0.25, 0.3) is 0 Å². The van der Waals surface area contributed by atoms with E-state index in [4.69, 9.17) is 9.47 Å². The third-order valence-corrected chi connectivity index (χ3v) is 4.09. The summed E-state index contributed by atoms with van der Waals surface area (Å²) in [6, 6.07) is 7.29. The summed E-state index contributed by atoms with van der Waals surface area (Å²) in [6.07, 6.45) is -1.30. The molecule has 8 heteroatoms. The van der Waals surface area contributed by atoms with Gasteiger partial charge in [-0.1, -0.05) is 25.8 Å². The number of hydrogen-bond acceptors (Lipinski definition) is 5. The van der Waals surface area contributed by atoms with Crippen LogP contribution in [-0.4, -0.2) is 29.2 Å². The van der Waals surface area contributed by atoms with Crippen molar-refractivity contribution < 1.29 is 22.6 Å². The summed E-state index contributed by atoms with van der Waals surface area (Å²) >= 11 is 0. The number of ether oxygens (including phenoxy) is 2. The lowest BCUT2D eigenvalue weighted by molar-refractivity contribution is -0.139. The molecule has 0 unspecified atom stereocenters. The predicted octanol–water partition coefficient (Wildman–Crippen LogP) is 6.01. The van der Waals surface area contributed by atoms with E-state index < -0.39 is 17.6 Å². The Morgan fingerprint density at radius 2 is 1.90 bits per heavy atom. The Hall–Kier alpha value is -2.51. The molecule has 0 saturated heterocycles. The standard InChI is InChI=1S/C21H28F3N3O2/c1-5-7-8-12-28-19-18(21(22,23)24)14-25-20(26-19)27(6-2)16-10-9-11-17(13-16)29-15(3)4/h9-11,13-15H,5-8,12H2,1-4H3. The monoisotopic (exact) mass is 411 g/mol. The van der Waals surface area contributed by atoms with Crippen LogP contribution >= 0.6 is 0 Å². The molecule has 1 heterocycles. The fourth-order valence-corrected chi connectivity index (χ4v) is 2.75. The van der Waals surface area contributed by atoms with E-state index in [1.165, 1.54) is 0 Å². The number of unbranched alkanes of at least 4 members (excludes halogenated alkanes) is 2. The zero-order chi connectivity index (χ0) is 21.4. The molecule has 0 amide bonds. The molecular weight excluding hydrogens is 383 g/mol. The minimum absolute atomic E-state index is 0.00534. The molecule has 1 aromatic heterocycles. The van der Waals surface area contributed by atoms with Crippen molar-refractivity contribution in [3.63, 3.8) is 0 Å². The average molecular weight is 411 g/mol. The minimum Gasteiger partial charge on any atom is -0.491 e. The van der Waals surface area contributed by atoms with Crippen LogP contribution in [0.4, 0.5) is 24.8 Å². The molecule has 0 spiro atoms. The summed E-state index contributed by atoms with van der Waals surface area (Å²) in [6.45, 7) is 8.37. The van der Waals surface area contributed by atoms with Crippen LogP contribution in [0.5, 0.6) is 11.6 Å². The third kappa shape index (κ3) is 6.51.